The van der Waals surface area contributed by atoms with Crippen LogP contribution in [0.5, 0.6) is 0 Å². The quantitative estimate of drug-likeness (QED) is 0.668. The summed E-state index contributed by atoms with van der Waals surface area (Å²) in [6, 6.07) is 1.74. The highest BCUT2D eigenvalue weighted by molar-refractivity contribution is 7.20. The van der Waals surface area contributed by atoms with Crippen molar-refractivity contribution >= 4 is 39.2 Å². The lowest BCUT2D eigenvalue weighted by Gasteiger charge is -2.11. The number of carbonyl (C=O) groups excluding carboxylic acids is 2. The Morgan fingerprint density at radius 1 is 1.37 bits per heavy atom. The third-order valence-electron chi connectivity index (χ3n) is 3.96. The van der Waals surface area contributed by atoms with Crippen molar-refractivity contribution in [1.29, 1.82) is 0 Å². The first-order valence-corrected chi connectivity index (χ1v) is 9.06. The average Bonchev–Trinajstić information content (AvgIpc) is 3.21. The summed E-state index contributed by atoms with van der Waals surface area (Å²) in [5, 5.41) is 7.17. The number of fused-ring (bicyclic) bond motifs is 1. The van der Waals surface area contributed by atoms with E-state index in [0.29, 0.717) is 21.6 Å². The number of carbonyl (C=O) groups is 2. The van der Waals surface area contributed by atoms with E-state index in [1.807, 2.05) is 13.8 Å². The van der Waals surface area contributed by atoms with E-state index in [4.69, 9.17) is 4.74 Å². The van der Waals surface area contributed by atoms with E-state index < -0.39 is 18.5 Å². The third kappa shape index (κ3) is 3.61. The first-order chi connectivity index (χ1) is 12.8. The second kappa shape index (κ2) is 7.31. The Hall–Kier alpha value is -3.01. The fraction of sp³-hybridized carbons (Fsp3) is 0.353. The van der Waals surface area contributed by atoms with Crippen molar-refractivity contribution in [3.05, 3.63) is 39.4 Å². The number of hydrogen-bond acceptors (Lipinski definition) is 7. The Morgan fingerprint density at radius 3 is 2.81 bits per heavy atom. The maximum absolute atomic E-state index is 12.4. The second-order valence-corrected chi connectivity index (χ2v) is 7.28. The fourth-order valence-corrected chi connectivity index (χ4v) is 3.64. The van der Waals surface area contributed by atoms with Gasteiger partial charge in [0.1, 0.15) is 15.5 Å². The van der Waals surface area contributed by atoms with Gasteiger partial charge in [-0.15, -0.1) is 11.3 Å². The van der Waals surface area contributed by atoms with E-state index in [0.717, 1.165) is 11.3 Å². The molecule has 0 unspecified atom stereocenters. The largest absolute Gasteiger partial charge is 0.451 e. The summed E-state index contributed by atoms with van der Waals surface area (Å²) in [6.45, 7) is 5.09. The number of rotatable bonds is 5. The minimum Gasteiger partial charge on any atom is -0.451 e. The summed E-state index contributed by atoms with van der Waals surface area (Å²) in [5.74, 6) is -0.611. The Labute approximate surface area is 158 Å². The van der Waals surface area contributed by atoms with E-state index in [9.17, 15) is 14.4 Å². The van der Waals surface area contributed by atoms with Crippen molar-refractivity contribution in [3.63, 3.8) is 0 Å². The number of nitrogens with one attached hydrogen (secondary N) is 1. The summed E-state index contributed by atoms with van der Waals surface area (Å²) in [7, 11) is 1.59. The molecule has 0 aliphatic rings. The van der Waals surface area contributed by atoms with Crippen LogP contribution in [0.4, 0.5) is 5.82 Å². The first kappa shape index (κ1) is 18.8. The third-order valence-corrected chi connectivity index (χ3v) is 5.14. The van der Waals surface area contributed by atoms with Gasteiger partial charge in [0, 0.05) is 19.2 Å². The number of nitrogens with zero attached hydrogens (tertiary/aromatic N) is 4. The Bertz CT molecular complexity index is 1080. The van der Waals surface area contributed by atoms with Crippen molar-refractivity contribution in [2.45, 2.75) is 26.8 Å². The van der Waals surface area contributed by atoms with Gasteiger partial charge >= 0.3 is 5.97 Å². The summed E-state index contributed by atoms with van der Waals surface area (Å²) in [6.07, 6.45) is 2.98. The summed E-state index contributed by atoms with van der Waals surface area (Å²) >= 11 is 1.07. The van der Waals surface area contributed by atoms with Gasteiger partial charge < -0.3 is 14.6 Å². The first-order valence-electron chi connectivity index (χ1n) is 8.24. The van der Waals surface area contributed by atoms with E-state index >= 15 is 0 Å². The number of ether oxygens (including phenoxy) is 1. The molecule has 27 heavy (non-hydrogen) atoms. The zero-order valence-corrected chi connectivity index (χ0v) is 16.2. The molecule has 0 spiro atoms. The molecule has 142 valence electrons. The average molecular weight is 389 g/mol. The molecule has 0 aliphatic carbocycles. The number of aryl methyl sites for hydroxylation is 2. The molecular formula is C17H19N5O4S. The topological polar surface area (TPSA) is 108 Å². The van der Waals surface area contributed by atoms with Crippen LogP contribution in [0.25, 0.3) is 10.2 Å². The van der Waals surface area contributed by atoms with Crippen LogP contribution in [0.2, 0.25) is 0 Å². The summed E-state index contributed by atoms with van der Waals surface area (Å²) < 4.78 is 8.11. The van der Waals surface area contributed by atoms with E-state index in [-0.39, 0.29) is 16.5 Å². The van der Waals surface area contributed by atoms with Crippen LogP contribution >= 0.6 is 11.3 Å². The van der Waals surface area contributed by atoms with Gasteiger partial charge in [-0.05, 0) is 26.3 Å². The van der Waals surface area contributed by atoms with Crippen molar-refractivity contribution in [1.82, 2.24) is 19.3 Å². The monoisotopic (exact) mass is 389 g/mol. The van der Waals surface area contributed by atoms with Crippen LogP contribution in [-0.2, 0) is 16.6 Å². The van der Waals surface area contributed by atoms with Gasteiger partial charge in [0.2, 0.25) is 0 Å². The molecule has 0 atom stereocenters. The molecule has 3 aromatic rings. The number of anilines is 1. The highest BCUT2D eigenvalue weighted by Gasteiger charge is 2.21. The van der Waals surface area contributed by atoms with Gasteiger partial charge in [0.25, 0.3) is 11.5 Å². The van der Waals surface area contributed by atoms with Crippen LogP contribution < -0.4 is 10.9 Å². The Kier molecular flexibility index (Phi) is 5.08. The summed E-state index contributed by atoms with van der Waals surface area (Å²) in [4.78, 5) is 41.6. The van der Waals surface area contributed by atoms with Gasteiger partial charge in [-0.25, -0.2) is 14.5 Å². The molecule has 0 saturated carbocycles. The molecule has 0 bridgehead atoms. The number of hydrogen-bond donors (Lipinski definition) is 1. The number of aromatic nitrogens is 4. The van der Waals surface area contributed by atoms with Crippen molar-refractivity contribution in [3.8, 4) is 0 Å². The molecule has 10 heteroatoms. The molecule has 0 aromatic carbocycles. The van der Waals surface area contributed by atoms with Crippen LogP contribution in [0.15, 0.2) is 23.4 Å². The van der Waals surface area contributed by atoms with E-state index in [1.165, 1.54) is 10.9 Å². The predicted octanol–water partition coefficient (Wildman–Crippen LogP) is 1.88. The van der Waals surface area contributed by atoms with Gasteiger partial charge in [-0.3, -0.25) is 9.59 Å². The normalized spacial score (nSPS) is 11.1. The predicted molar refractivity (Wildman–Crippen MR) is 101 cm³/mol. The molecule has 3 heterocycles. The SMILES string of the molecule is Cc1c(C(=O)OCC(=O)Nc2ccnn2C(C)C)sc2ncn(C)c(=O)c12. The molecule has 1 N–H and O–H groups in total. The second-order valence-electron chi connectivity index (χ2n) is 6.28. The highest BCUT2D eigenvalue weighted by Crippen LogP contribution is 2.27. The smallest absolute Gasteiger partial charge is 0.349 e. The highest BCUT2D eigenvalue weighted by atomic mass is 32.1. The number of thiophene rings is 1. The Balaban J connectivity index is 1.71. The lowest BCUT2D eigenvalue weighted by Crippen LogP contribution is -2.23. The van der Waals surface area contributed by atoms with Crippen molar-refractivity contribution in [2.75, 3.05) is 11.9 Å². The van der Waals surface area contributed by atoms with E-state index in [2.05, 4.69) is 15.4 Å². The minimum absolute atomic E-state index is 0.0779. The summed E-state index contributed by atoms with van der Waals surface area (Å²) in [5.41, 5.74) is 0.277. The van der Waals surface area contributed by atoms with Gasteiger partial charge in [-0.2, -0.15) is 5.10 Å². The number of amides is 1. The zero-order valence-electron chi connectivity index (χ0n) is 15.3. The van der Waals surface area contributed by atoms with Crippen LogP contribution in [0.3, 0.4) is 0 Å². The van der Waals surface area contributed by atoms with Gasteiger partial charge in [0.05, 0.1) is 17.9 Å². The Morgan fingerprint density at radius 2 is 2.11 bits per heavy atom. The lowest BCUT2D eigenvalue weighted by molar-refractivity contribution is -0.119. The molecular weight excluding hydrogens is 370 g/mol. The minimum atomic E-state index is -0.662. The molecule has 0 aliphatic heterocycles. The molecule has 3 rings (SSSR count). The van der Waals surface area contributed by atoms with Crippen molar-refractivity contribution < 1.29 is 14.3 Å². The van der Waals surface area contributed by atoms with Crippen LogP contribution in [0, 0.1) is 6.92 Å². The maximum atomic E-state index is 12.4. The zero-order chi connectivity index (χ0) is 19.7. The number of esters is 1. The fourth-order valence-electron chi connectivity index (χ4n) is 2.60. The standard InChI is InChI=1S/C17H19N5O4S/c1-9(2)22-11(5-6-19-22)20-12(23)7-26-17(25)14-10(3)13-15(27-14)18-8-21(4)16(13)24/h5-6,8-9H,7H2,1-4H3,(H,20,23). The van der Waals surface area contributed by atoms with Gasteiger partial charge in [0.15, 0.2) is 6.61 Å². The molecule has 1 amide bonds. The van der Waals surface area contributed by atoms with E-state index in [1.54, 1.807) is 30.9 Å². The molecule has 0 radical (unpaired) electrons. The van der Waals surface area contributed by atoms with Crippen LogP contribution in [0.1, 0.15) is 35.1 Å². The molecule has 3 aromatic heterocycles. The molecule has 0 fully saturated rings. The van der Waals surface area contributed by atoms with Crippen LogP contribution in [-0.4, -0.2) is 37.8 Å². The molecule has 0 saturated heterocycles. The van der Waals surface area contributed by atoms with Crippen molar-refractivity contribution in [2.24, 2.45) is 7.05 Å². The lowest BCUT2D eigenvalue weighted by atomic mass is 10.2. The van der Waals surface area contributed by atoms with Gasteiger partial charge in [-0.1, -0.05) is 0 Å². The molecule has 9 nitrogen and oxygen atoms in total. The maximum Gasteiger partial charge on any atom is 0.349 e.